The van der Waals surface area contributed by atoms with E-state index in [1.165, 1.54) is 11.8 Å². The lowest BCUT2D eigenvalue weighted by molar-refractivity contribution is 1.12. The Labute approximate surface area is 113 Å². The topological polar surface area (TPSA) is 36.7 Å². The van der Waals surface area contributed by atoms with Crippen LogP contribution in [0.4, 0.5) is 0 Å². The Balaban J connectivity index is 2.31. The minimum Gasteiger partial charge on any atom is -0.248 e. The fourth-order valence-electron chi connectivity index (χ4n) is 1.20. The van der Waals surface area contributed by atoms with E-state index in [1.807, 2.05) is 18.2 Å². The monoisotopic (exact) mass is 280 g/mol. The zero-order valence-corrected chi connectivity index (χ0v) is 10.9. The third-order valence-electron chi connectivity index (χ3n) is 2.01. The van der Waals surface area contributed by atoms with Crippen molar-refractivity contribution in [3.63, 3.8) is 0 Å². The number of benzene rings is 1. The molecule has 0 fully saturated rings. The Kier molecular flexibility index (Phi) is 3.90. The van der Waals surface area contributed by atoms with Crippen molar-refractivity contribution in [1.29, 1.82) is 5.26 Å². The van der Waals surface area contributed by atoms with E-state index in [9.17, 15) is 0 Å². The van der Waals surface area contributed by atoms with Crippen LogP contribution < -0.4 is 0 Å². The van der Waals surface area contributed by atoms with Crippen molar-refractivity contribution >= 4 is 35.0 Å². The van der Waals surface area contributed by atoms with Crippen molar-refractivity contribution in [2.24, 2.45) is 0 Å². The van der Waals surface area contributed by atoms with Gasteiger partial charge in [-0.15, -0.1) is 0 Å². The van der Waals surface area contributed by atoms with Crippen LogP contribution in [-0.4, -0.2) is 4.98 Å². The Morgan fingerprint density at radius 3 is 2.47 bits per heavy atom. The molecule has 0 amide bonds. The van der Waals surface area contributed by atoms with Crippen molar-refractivity contribution in [3.8, 4) is 6.07 Å². The summed E-state index contributed by atoms with van der Waals surface area (Å²) in [6, 6.07) is 11.0. The molecule has 0 radical (unpaired) electrons. The maximum atomic E-state index is 8.86. The summed E-state index contributed by atoms with van der Waals surface area (Å²) in [5.74, 6) is 0. The van der Waals surface area contributed by atoms with Gasteiger partial charge in [-0.3, -0.25) is 0 Å². The Morgan fingerprint density at radius 1 is 1.12 bits per heavy atom. The molecule has 1 heterocycles. The fraction of sp³-hybridized carbons (Fsp3) is 0. The molecule has 2 rings (SSSR count). The highest BCUT2D eigenvalue weighted by molar-refractivity contribution is 7.99. The first-order valence-corrected chi connectivity index (χ1v) is 6.26. The molecule has 2 nitrogen and oxygen atoms in total. The summed E-state index contributed by atoms with van der Waals surface area (Å²) in [5.41, 5.74) is 0.429. The summed E-state index contributed by atoms with van der Waals surface area (Å²) < 4.78 is 0. The summed E-state index contributed by atoms with van der Waals surface area (Å²) in [6.45, 7) is 0. The van der Waals surface area contributed by atoms with Gasteiger partial charge in [-0.05, 0) is 30.3 Å². The molecule has 0 aliphatic heterocycles. The van der Waals surface area contributed by atoms with Gasteiger partial charge in [0, 0.05) is 16.1 Å². The molecule has 0 spiro atoms. The first-order chi connectivity index (χ1) is 8.20. The first-order valence-electron chi connectivity index (χ1n) is 4.69. The van der Waals surface area contributed by atoms with Crippen LogP contribution in [-0.2, 0) is 0 Å². The van der Waals surface area contributed by atoms with Crippen LogP contribution in [0.15, 0.2) is 46.5 Å². The van der Waals surface area contributed by atoms with E-state index in [2.05, 4.69) is 4.98 Å². The van der Waals surface area contributed by atoms with Gasteiger partial charge in [0.15, 0.2) is 0 Å². The number of nitriles is 1. The van der Waals surface area contributed by atoms with Crippen LogP contribution in [0.5, 0.6) is 0 Å². The zero-order valence-electron chi connectivity index (χ0n) is 8.52. The average Bonchev–Trinajstić information content (AvgIpc) is 2.35. The standard InChI is InChI=1S/C12H6Cl2N2S/c13-9-1-3-10(4-2-9)17-12-11(14)8(7-15)5-6-16-12/h1-6H. The molecule has 84 valence electrons. The summed E-state index contributed by atoms with van der Waals surface area (Å²) in [5, 5.41) is 10.5. The Bertz CT molecular complexity index is 576. The smallest absolute Gasteiger partial charge is 0.121 e. The third-order valence-corrected chi connectivity index (χ3v) is 3.76. The zero-order chi connectivity index (χ0) is 12.3. The van der Waals surface area contributed by atoms with Crippen LogP contribution in [0.1, 0.15) is 5.56 Å². The number of aromatic nitrogens is 1. The summed E-state index contributed by atoms with van der Waals surface area (Å²) in [7, 11) is 0. The lowest BCUT2D eigenvalue weighted by Crippen LogP contribution is -1.85. The summed E-state index contributed by atoms with van der Waals surface area (Å²) in [4.78, 5) is 5.12. The second kappa shape index (κ2) is 5.42. The maximum Gasteiger partial charge on any atom is 0.121 e. The van der Waals surface area contributed by atoms with Crippen molar-refractivity contribution in [1.82, 2.24) is 4.98 Å². The largest absolute Gasteiger partial charge is 0.248 e. The average molecular weight is 281 g/mol. The van der Waals surface area contributed by atoms with Crippen molar-refractivity contribution in [3.05, 3.63) is 52.1 Å². The molecule has 0 bridgehead atoms. The molecule has 0 saturated carbocycles. The van der Waals surface area contributed by atoms with E-state index in [-0.39, 0.29) is 0 Å². The molecule has 2 aromatic rings. The number of rotatable bonds is 2. The molecule has 0 aliphatic carbocycles. The van der Waals surface area contributed by atoms with Gasteiger partial charge < -0.3 is 0 Å². The molecule has 0 aliphatic rings. The van der Waals surface area contributed by atoms with Gasteiger partial charge in [0.25, 0.3) is 0 Å². The molecule has 1 aromatic carbocycles. The number of pyridine rings is 1. The predicted octanol–water partition coefficient (Wildman–Crippen LogP) is 4.41. The van der Waals surface area contributed by atoms with Gasteiger partial charge in [-0.25, -0.2) is 4.98 Å². The fourth-order valence-corrected chi connectivity index (χ4v) is 2.40. The van der Waals surface area contributed by atoms with E-state index in [1.54, 1.807) is 24.4 Å². The Morgan fingerprint density at radius 2 is 1.82 bits per heavy atom. The molecular weight excluding hydrogens is 275 g/mol. The molecule has 17 heavy (non-hydrogen) atoms. The van der Waals surface area contributed by atoms with Crippen molar-refractivity contribution in [2.45, 2.75) is 9.92 Å². The highest BCUT2D eigenvalue weighted by Crippen LogP contribution is 2.33. The van der Waals surface area contributed by atoms with Crippen LogP contribution >= 0.6 is 35.0 Å². The molecule has 0 unspecified atom stereocenters. The number of halogens is 2. The predicted molar refractivity (Wildman–Crippen MR) is 69.5 cm³/mol. The SMILES string of the molecule is N#Cc1ccnc(Sc2ccc(Cl)cc2)c1Cl. The molecule has 5 heteroatoms. The number of nitrogens with zero attached hydrogens (tertiary/aromatic N) is 2. The third kappa shape index (κ3) is 2.92. The van der Waals surface area contributed by atoms with E-state index >= 15 is 0 Å². The van der Waals surface area contributed by atoms with Gasteiger partial charge in [0.2, 0.25) is 0 Å². The van der Waals surface area contributed by atoms with E-state index in [4.69, 9.17) is 28.5 Å². The van der Waals surface area contributed by atoms with Crippen molar-refractivity contribution < 1.29 is 0 Å². The number of hydrogen-bond acceptors (Lipinski definition) is 3. The van der Waals surface area contributed by atoms with E-state index in [0.29, 0.717) is 20.6 Å². The molecule has 0 N–H and O–H groups in total. The highest BCUT2D eigenvalue weighted by atomic mass is 35.5. The van der Waals surface area contributed by atoms with E-state index < -0.39 is 0 Å². The van der Waals surface area contributed by atoms with E-state index in [0.717, 1.165) is 4.90 Å². The molecule has 0 atom stereocenters. The highest BCUT2D eigenvalue weighted by Gasteiger charge is 2.08. The van der Waals surface area contributed by atoms with Gasteiger partial charge >= 0.3 is 0 Å². The van der Waals surface area contributed by atoms with Crippen LogP contribution in [0.25, 0.3) is 0 Å². The number of hydrogen-bond donors (Lipinski definition) is 0. The van der Waals surface area contributed by atoms with Crippen LogP contribution in [0, 0.1) is 11.3 Å². The minimum atomic E-state index is 0.384. The van der Waals surface area contributed by atoms with Crippen molar-refractivity contribution in [2.75, 3.05) is 0 Å². The normalized spacial score (nSPS) is 9.94. The second-order valence-electron chi connectivity index (χ2n) is 3.15. The lowest BCUT2D eigenvalue weighted by Gasteiger charge is -2.04. The van der Waals surface area contributed by atoms with Gasteiger partial charge in [0.1, 0.15) is 11.1 Å². The van der Waals surface area contributed by atoms with Gasteiger partial charge in [0.05, 0.1) is 10.6 Å². The lowest BCUT2D eigenvalue weighted by atomic mass is 10.3. The molecule has 1 aromatic heterocycles. The minimum absolute atomic E-state index is 0.384. The van der Waals surface area contributed by atoms with Crippen LogP contribution in [0.2, 0.25) is 10.0 Å². The second-order valence-corrected chi connectivity index (χ2v) is 5.02. The maximum absolute atomic E-state index is 8.86. The summed E-state index contributed by atoms with van der Waals surface area (Å²) in [6.07, 6.45) is 1.57. The van der Waals surface area contributed by atoms with Gasteiger partial charge in [-0.2, -0.15) is 5.26 Å². The van der Waals surface area contributed by atoms with Crippen LogP contribution in [0.3, 0.4) is 0 Å². The first kappa shape index (κ1) is 12.3. The quantitative estimate of drug-likeness (QED) is 0.818. The summed E-state index contributed by atoms with van der Waals surface area (Å²) >= 11 is 13.3. The molecular formula is C12H6Cl2N2S. The van der Waals surface area contributed by atoms with Gasteiger partial charge in [-0.1, -0.05) is 35.0 Å². The Hall–Kier alpha value is -1.21. The molecule has 0 saturated heterocycles.